The number of ether oxygens (including phenoxy) is 1. The Labute approximate surface area is 155 Å². The maximum absolute atomic E-state index is 13.6. The van der Waals surface area contributed by atoms with Crippen molar-refractivity contribution in [1.29, 1.82) is 0 Å². The number of nitrogens with zero attached hydrogens (tertiary/aromatic N) is 1. The third kappa shape index (κ3) is 2.97. The van der Waals surface area contributed by atoms with E-state index in [2.05, 4.69) is 4.74 Å². The van der Waals surface area contributed by atoms with Gasteiger partial charge in [0.25, 0.3) is 0 Å². The highest BCUT2D eigenvalue weighted by Crippen LogP contribution is 2.41. The minimum atomic E-state index is -4.73. The van der Waals surface area contributed by atoms with Crippen molar-refractivity contribution in [2.45, 2.75) is 6.18 Å². The molecule has 0 radical (unpaired) electrons. The number of alkyl halides is 3. The highest BCUT2D eigenvalue weighted by molar-refractivity contribution is 6.43. The Morgan fingerprint density at radius 2 is 1.88 bits per heavy atom. The largest absolute Gasteiger partial charge is 0.464 e. The number of esters is 1. The van der Waals surface area contributed by atoms with Gasteiger partial charge in [0.05, 0.1) is 28.2 Å². The van der Waals surface area contributed by atoms with E-state index >= 15 is 0 Å². The molecule has 9 heteroatoms. The van der Waals surface area contributed by atoms with Crippen molar-refractivity contribution >= 4 is 40.1 Å². The molecule has 0 amide bonds. The summed E-state index contributed by atoms with van der Waals surface area (Å²) >= 11 is 12.0. The minimum absolute atomic E-state index is 0.0749. The Kier molecular flexibility index (Phi) is 4.54. The normalized spacial score (nSPS) is 11.8. The van der Waals surface area contributed by atoms with E-state index in [4.69, 9.17) is 23.2 Å². The van der Waals surface area contributed by atoms with Crippen LogP contribution in [0.3, 0.4) is 0 Å². The summed E-state index contributed by atoms with van der Waals surface area (Å²) in [5, 5.41) is 10.1. The van der Waals surface area contributed by atoms with Crippen molar-refractivity contribution in [3.8, 4) is 11.1 Å². The molecule has 1 heterocycles. The lowest BCUT2D eigenvalue weighted by molar-refractivity contribution is -0.136. The lowest BCUT2D eigenvalue weighted by atomic mass is 9.99. The van der Waals surface area contributed by atoms with Gasteiger partial charge in [0.1, 0.15) is 0 Å². The van der Waals surface area contributed by atoms with Crippen LogP contribution in [0.4, 0.5) is 13.2 Å². The van der Waals surface area contributed by atoms with Gasteiger partial charge in [-0.05, 0) is 29.8 Å². The van der Waals surface area contributed by atoms with Gasteiger partial charge in [-0.15, -0.1) is 0 Å². The molecule has 0 aliphatic heterocycles. The zero-order valence-corrected chi connectivity index (χ0v) is 14.6. The summed E-state index contributed by atoms with van der Waals surface area (Å²) in [6.07, 6.45) is -4.73. The summed E-state index contributed by atoms with van der Waals surface area (Å²) in [7, 11) is 1.06. The van der Waals surface area contributed by atoms with Gasteiger partial charge in [-0.1, -0.05) is 35.3 Å². The number of rotatable bonds is 2. The van der Waals surface area contributed by atoms with Crippen LogP contribution in [0.2, 0.25) is 10.0 Å². The molecular weight excluding hydrogens is 394 g/mol. The molecule has 3 aromatic rings. The van der Waals surface area contributed by atoms with Crippen LogP contribution in [0.25, 0.3) is 22.0 Å². The van der Waals surface area contributed by atoms with Gasteiger partial charge >= 0.3 is 12.1 Å². The molecule has 0 unspecified atom stereocenters. The van der Waals surface area contributed by atoms with Crippen LogP contribution in [0.1, 0.15) is 16.1 Å². The van der Waals surface area contributed by atoms with Crippen molar-refractivity contribution in [3.63, 3.8) is 0 Å². The molecule has 0 atom stereocenters. The van der Waals surface area contributed by atoms with Gasteiger partial charge in [-0.25, -0.2) is 4.79 Å². The zero-order valence-electron chi connectivity index (χ0n) is 13.1. The number of hydrogen-bond donors (Lipinski definition) is 1. The SMILES string of the molecule is COC(=O)c1cc2c(C(F)(F)F)cc(-c3cccc(Cl)c3Cl)cc2n1O. The van der Waals surface area contributed by atoms with E-state index in [0.717, 1.165) is 19.2 Å². The maximum atomic E-state index is 13.6. The molecule has 2 aromatic carbocycles. The Morgan fingerprint density at radius 3 is 2.50 bits per heavy atom. The van der Waals surface area contributed by atoms with Crippen LogP contribution in [0, 0.1) is 0 Å². The van der Waals surface area contributed by atoms with Gasteiger partial charge in [-0.3, -0.25) is 0 Å². The van der Waals surface area contributed by atoms with Crippen LogP contribution in [0.5, 0.6) is 0 Å². The van der Waals surface area contributed by atoms with Crippen molar-refractivity contribution in [3.05, 3.63) is 57.7 Å². The summed E-state index contributed by atoms with van der Waals surface area (Å²) in [6.45, 7) is 0. The highest BCUT2D eigenvalue weighted by atomic mass is 35.5. The molecule has 1 N–H and O–H groups in total. The van der Waals surface area contributed by atoms with E-state index in [9.17, 15) is 23.2 Å². The Balaban J connectivity index is 2.39. The fourth-order valence-electron chi connectivity index (χ4n) is 2.66. The van der Waals surface area contributed by atoms with E-state index in [-0.39, 0.29) is 32.1 Å². The average molecular weight is 404 g/mol. The van der Waals surface area contributed by atoms with Gasteiger partial charge in [0.2, 0.25) is 0 Å². The highest BCUT2D eigenvalue weighted by Gasteiger charge is 2.35. The predicted molar refractivity (Wildman–Crippen MR) is 90.9 cm³/mol. The summed E-state index contributed by atoms with van der Waals surface area (Å²) in [5.41, 5.74) is -1.33. The number of halogens is 5. The number of aromatic nitrogens is 1. The first-order valence-electron chi connectivity index (χ1n) is 7.13. The topological polar surface area (TPSA) is 51.5 Å². The lowest BCUT2D eigenvalue weighted by Crippen LogP contribution is -2.08. The van der Waals surface area contributed by atoms with Crippen LogP contribution in [0.15, 0.2) is 36.4 Å². The Bertz CT molecular complexity index is 1030. The van der Waals surface area contributed by atoms with Gasteiger partial charge in [0, 0.05) is 10.9 Å². The van der Waals surface area contributed by atoms with Crippen molar-refractivity contribution in [2.75, 3.05) is 7.11 Å². The van der Waals surface area contributed by atoms with Crippen LogP contribution in [-0.2, 0) is 10.9 Å². The molecule has 0 saturated heterocycles. The summed E-state index contributed by atoms with van der Waals surface area (Å²) in [6, 6.07) is 7.64. The van der Waals surface area contributed by atoms with Gasteiger partial charge in [-0.2, -0.15) is 17.9 Å². The molecule has 26 heavy (non-hydrogen) atoms. The molecule has 0 aliphatic rings. The Hall–Kier alpha value is -2.38. The van der Waals surface area contributed by atoms with E-state index in [1.165, 1.54) is 18.2 Å². The number of fused-ring (bicyclic) bond motifs is 1. The standard InChI is InChI=1S/C17H10Cl2F3NO3/c1-26-16(24)14-7-10-11(17(20,21)22)5-8(6-13(10)23(14)25)9-3-2-4-12(18)15(9)19/h2-7,25H,1H3. The molecule has 0 saturated carbocycles. The third-order valence-electron chi connectivity index (χ3n) is 3.86. The monoisotopic (exact) mass is 403 g/mol. The first kappa shape index (κ1) is 18.4. The second kappa shape index (κ2) is 6.41. The average Bonchev–Trinajstić information content (AvgIpc) is 2.92. The molecular formula is C17H10Cl2F3NO3. The second-order valence-corrected chi connectivity index (χ2v) is 6.17. The van der Waals surface area contributed by atoms with Crippen LogP contribution >= 0.6 is 23.2 Å². The van der Waals surface area contributed by atoms with E-state index in [0.29, 0.717) is 4.73 Å². The molecule has 136 valence electrons. The zero-order chi connectivity index (χ0) is 19.2. The van der Waals surface area contributed by atoms with Crippen LogP contribution < -0.4 is 0 Å². The molecule has 0 aliphatic carbocycles. The first-order chi connectivity index (χ1) is 12.1. The summed E-state index contributed by atoms with van der Waals surface area (Å²) in [5.74, 6) is -0.973. The third-order valence-corrected chi connectivity index (χ3v) is 4.68. The van der Waals surface area contributed by atoms with Crippen molar-refractivity contribution < 1.29 is 27.9 Å². The van der Waals surface area contributed by atoms with Gasteiger partial charge < -0.3 is 9.94 Å². The first-order valence-corrected chi connectivity index (χ1v) is 7.89. The van der Waals surface area contributed by atoms with Crippen molar-refractivity contribution in [2.24, 2.45) is 0 Å². The predicted octanol–water partition coefficient (Wildman–Crippen LogP) is 5.66. The number of methoxy groups -OCH3 is 1. The fourth-order valence-corrected chi connectivity index (χ4v) is 3.07. The second-order valence-electron chi connectivity index (χ2n) is 5.39. The number of carbonyl (C=O) groups is 1. The summed E-state index contributed by atoms with van der Waals surface area (Å²) in [4.78, 5) is 11.7. The maximum Gasteiger partial charge on any atom is 0.417 e. The summed E-state index contributed by atoms with van der Waals surface area (Å²) < 4.78 is 45.5. The van der Waals surface area contributed by atoms with E-state index in [1.807, 2.05) is 0 Å². The number of carbonyl (C=O) groups excluding carboxylic acids is 1. The van der Waals surface area contributed by atoms with E-state index < -0.39 is 23.4 Å². The molecule has 0 bridgehead atoms. The molecule has 1 aromatic heterocycles. The smallest absolute Gasteiger partial charge is 0.417 e. The fraction of sp³-hybridized carbons (Fsp3) is 0.118. The molecule has 0 spiro atoms. The van der Waals surface area contributed by atoms with Crippen molar-refractivity contribution in [1.82, 2.24) is 4.73 Å². The van der Waals surface area contributed by atoms with Gasteiger partial charge in [0.15, 0.2) is 5.69 Å². The number of hydrogen-bond acceptors (Lipinski definition) is 3. The molecule has 3 rings (SSSR count). The minimum Gasteiger partial charge on any atom is -0.464 e. The number of benzene rings is 2. The molecule has 0 fully saturated rings. The van der Waals surface area contributed by atoms with E-state index in [1.54, 1.807) is 6.07 Å². The Morgan fingerprint density at radius 1 is 1.19 bits per heavy atom. The quantitative estimate of drug-likeness (QED) is 0.443. The lowest BCUT2D eigenvalue weighted by Gasteiger charge is -2.13. The van der Waals surface area contributed by atoms with Crippen LogP contribution in [-0.4, -0.2) is 23.0 Å². The molecule has 4 nitrogen and oxygen atoms in total.